The van der Waals surface area contributed by atoms with Gasteiger partial charge in [0.2, 0.25) is 11.8 Å². The number of hydrogen-bond donors (Lipinski definition) is 1. The Kier molecular flexibility index (Phi) is 5.47. The normalized spacial score (nSPS) is 20.0. The number of fused-ring (bicyclic) bond motifs is 2. The average Bonchev–Trinajstić information content (AvgIpc) is 3.24. The van der Waals surface area contributed by atoms with Crippen molar-refractivity contribution >= 4 is 22.4 Å². The maximum Gasteiger partial charge on any atom is 0.230 e. The highest BCUT2D eigenvalue weighted by atomic mass is 16.5. The van der Waals surface area contributed by atoms with Crippen molar-refractivity contribution in [3.8, 4) is 5.88 Å². The first-order chi connectivity index (χ1) is 15.6. The summed E-state index contributed by atoms with van der Waals surface area (Å²) < 4.78 is 5.34. The first-order valence-corrected chi connectivity index (χ1v) is 11.5. The minimum Gasteiger partial charge on any atom is -0.481 e. The number of benzene rings is 1. The van der Waals surface area contributed by atoms with Crippen molar-refractivity contribution in [2.24, 2.45) is 5.92 Å². The molecule has 2 aliphatic rings. The Labute approximate surface area is 188 Å². The number of methoxy groups -OCH3 is 1. The Bertz CT molecular complexity index is 1180. The standard InChI is InChI=1S/C26H30N4O2/c1-4-29(5-2)26(31)19-12-21-20-7-6-8-22-25(20)18(14-28-22)13-23(21)30(16-19)15-17-9-10-27-24(11-17)32-3/h6-12,14,19,23,28H,4-5,13,15-16H2,1-3H3/t19-,23-/m1/s1. The third-order valence-electron chi connectivity index (χ3n) is 6.91. The van der Waals surface area contributed by atoms with Crippen LogP contribution in [0.15, 0.2) is 48.8 Å². The van der Waals surface area contributed by atoms with Crippen LogP contribution in [0.5, 0.6) is 5.88 Å². The van der Waals surface area contributed by atoms with Crippen LogP contribution in [0.1, 0.15) is 30.5 Å². The van der Waals surface area contributed by atoms with Gasteiger partial charge < -0.3 is 14.6 Å². The van der Waals surface area contributed by atoms with Crippen molar-refractivity contribution < 1.29 is 9.53 Å². The van der Waals surface area contributed by atoms with E-state index < -0.39 is 0 Å². The molecule has 0 saturated heterocycles. The van der Waals surface area contributed by atoms with Gasteiger partial charge in [0.15, 0.2) is 0 Å². The molecule has 3 aromatic rings. The van der Waals surface area contributed by atoms with Gasteiger partial charge in [-0.25, -0.2) is 4.98 Å². The number of rotatable bonds is 6. The van der Waals surface area contributed by atoms with Crippen LogP contribution in [0.3, 0.4) is 0 Å². The van der Waals surface area contributed by atoms with Gasteiger partial charge >= 0.3 is 0 Å². The fraction of sp³-hybridized carbons (Fsp3) is 0.385. The number of aromatic nitrogens is 2. The van der Waals surface area contributed by atoms with Crippen molar-refractivity contribution in [1.29, 1.82) is 0 Å². The zero-order valence-corrected chi connectivity index (χ0v) is 19.0. The highest BCUT2D eigenvalue weighted by Gasteiger charge is 2.38. The number of pyridine rings is 1. The quantitative estimate of drug-likeness (QED) is 0.645. The minimum atomic E-state index is -0.152. The number of amides is 1. The van der Waals surface area contributed by atoms with Crippen LogP contribution in [-0.2, 0) is 17.8 Å². The first-order valence-electron chi connectivity index (χ1n) is 11.5. The summed E-state index contributed by atoms with van der Waals surface area (Å²) in [5.74, 6) is 0.679. The molecule has 6 heteroatoms. The van der Waals surface area contributed by atoms with Gasteiger partial charge in [-0.1, -0.05) is 18.2 Å². The first kappa shape index (κ1) is 20.8. The smallest absolute Gasteiger partial charge is 0.230 e. The van der Waals surface area contributed by atoms with Crippen LogP contribution < -0.4 is 4.74 Å². The van der Waals surface area contributed by atoms with Gasteiger partial charge in [0, 0.05) is 61.6 Å². The van der Waals surface area contributed by atoms with Crippen molar-refractivity contribution in [2.75, 3.05) is 26.7 Å². The van der Waals surface area contributed by atoms with Gasteiger partial charge in [-0.15, -0.1) is 0 Å². The van der Waals surface area contributed by atoms with Crippen LogP contribution in [0, 0.1) is 5.92 Å². The molecule has 0 saturated carbocycles. The number of carbonyl (C=O) groups excluding carboxylic acids is 1. The molecule has 1 aromatic carbocycles. The number of nitrogens with one attached hydrogen (secondary N) is 1. The van der Waals surface area contributed by atoms with Crippen molar-refractivity contribution in [2.45, 2.75) is 32.9 Å². The molecule has 166 valence electrons. The Morgan fingerprint density at radius 2 is 2.12 bits per heavy atom. The molecule has 0 bridgehead atoms. The maximum atomic E-state index is 13.4. The van der Waals surface area contributed by atoms with Gasteiger partial charge in [-0.2, -0.15) is 0 Å². The third-order valence-corrected chi connectivity index (χ3v) is 6.91. The molecule has 0 radical (unpaired) electrons. The van der Waals surface area contributed by atoms with Crippen LogP contribution in [0.2, 0.25) is 0 Å². The van der Waals surface area contributed by atoms with Crippen molar-refractivity contribution in [3.05, 3.63) is 65.5 Å². The Balaban J connectivity index is 1.57. The molecule has 6 nitrogen and oxygen atoms in total. The van der Waals surface area contributed by atoms with Crippen molar-refractivity contribution in [1.82, 2.24) is 19.8 Å². The molecular formula is C26H30N4O2. The summed E-state index contributed by atoms with van der Waals surface area (Å²) in [6.07, 6.45) is 7.13. The van der Waals surface area contributed by atoms with E-state index in [2.05, 4.69) is 59.2 Å². The monoisotopic (exact) mass is 430 g/mol. The minimum absolute atomic E-state index is 0.152. The lowest BCUT2D eigenvalue weighted by Gasteiger charge is -2.42. The van der Waals surface area contributed by atoms with E-state index in [0.29, 0.717) is 12.4 Å². The molecule has 2 atom stereocenters. The van der Waals surface area contributed by atoms with E-state index in [1.165, 1.54) is 27.6 Å². The SMILES string of the molecule is CCN(CC)C(=O)[C@@H]1C=C2c3cccc4[nH]cc(c34)C[C@H]2N(Cc2ccnc(OC)c2)C1. The third kappa shape index (κ3) is 3.48. The Morgan fingerprint density at radius 3 is 2.91 bits per heavy atom. The van der Waals surface area contributed by atoms with Gasteiger partial charge in [0.1, 0.15) is 0 Å². The summed E-state index contributed by atoms with van der Waals surface area (Å²) >= 11 is 0. The second kappa shape index (κ2) is 8.43. The molecule has 0 fully saturated rings. The molecule has 1 aliphatic carbocycles. The molecule has 0 spiro atoms. The predicted molar refractivity (Wildman–Crippen MR) is 126 cm³/mol. The topological polar surface area (TPSA) is 61.5 Å². The molecule has 1 amide bonds. The predicted octanol–water partition coefficient (Wildman–Crippen LogP) is 3.88. The number of nitrogens with zero attached hydrogens (tertiary/aromatic N) is 3. The lowest BCUT2D eigenvalue weighted by molar-refractivity contribution is -0.134. The summed E-state index contributed by atoms with van der Waals surface area (Å²) in [5, 5.41) is 1.30. The second-order valence-corrected chi connectivity index (χ2v) is 8.64. The summed E-state index contributed by atoms with van der Waals surface area (Å²) in [6.45, 7) is 7.03. The number of hydrogen-bond acceptors (Lipinski definition) is 4. The highest BCUT2D eigenvalue weighted by Crippen LogP contribution is 2.42. The van der Waals surface area contributed by atoms with Gasteiger partial charge in [-0.05, 0) is 54.7 Å². The molecular weight excluding hydrogens is 400 g/mol. The molecule has 5 rings (SSSR count). The molecule has 3 heterocycles. The largest absolute Gasteiger partial charge is 0.481 e. The fourth-order valence-electron chi connectivity index (χ4n) is 5.32. The summed E-state index contributed by atoms with van der Waals surface area (Å²) in [7, 11) is 1.64. The van der Waals surface area contributed by atoms with Crippen LogP contribution in [-0.4, -0.2) is 58.5 Å². The number of H-pyrrole nitrogens is 1. The second-order valence-electron chi connectivity index (χ2n) is 8.64. The number of aromatic amines is 1. The maximum absolute atomic E-state index is 13.4. The zero-order chi connectivity index (χ0) is 22.2. The number of carbonyl (C=O) groups is 1. The van der Waals surface area contributed by atoms with Crippen molar-refractivity contribution in [3.63, 3.8) is 0 Å². The van der Waals surface area contributed by atoms with Crippen LogP contribution >= 0.6 is 0 Å². The van der Waals surface area contributed by atoms with Gasteiger partial charge in [-0.3, -0.25) is 9.69 Å². The summed E-state index contributed by atoms with van der Waals surface area (Å²) in [4.78, 5) is 25.5. The van der Waals surface area contributed by atoms with E-state index in [-0.39, 0.29) is 17.9 Å². The average molecular weight is 431 g/mol. The zero-order valence-electron chi connectivity index (χ0n) is 19.0. The number of ether oxygens (including phenoxy) is 1. The Morgan fingerprint density at radius 1 is 1.28 bits per heavy atom. The van der Waals surface area contributed by atoms with E-state index in [1.807, 2.05) is 17.0 Å². The fourth-order valence-corrected chi connectivity index (χ4v) is 5.32. The molecule has 0 unspecified atom stereocenters. The lowest BCUT2D eigenvalue weighted by Crippen LogP contribution is -2.48. The molecule has 2 aromatic heterocycles. The summed E-state index contributed by atoms with van der Waals surface area (Å²) in [5.41, 5.74) is 6.19. The van der Waals surface area contributed by atoms with E-state index >= 15 is 0 Å². The van der Waals surface area contributed by atoms with Crippen LogP contribution in [0.4, 0.5) is 0 Å². The van der Waals surface area contributed by atoms with Gasteiger partial charge in [0.05, 0.1) is 13.0 Å². The van der Waals surface area contributed by atoms with Crippen LogP contribution in [0.25, 0.3) is 16.5 Å². The molecule has 1 N–H and O–H groups in total. The Hall–Kier alpha value is -3.12. The van der Waals surface area contributed by atoms with E-state index in [0.717, 1.165) is 31.6 Å². The highest BCUT2D eigenvalue weighted by molar-refractivity contribution is 5.99. The lowest BCUT2D eigenvalue weighted by atomic mass is 9.79. The van der Waals surface area contributed by atoms with Gasteiger partial charge in [0.25, 0.3) is 0 Å². The van der Waals surface area contributed by atoms with E-state index in [4.69, 9.17) is 4.74 Å². The summed E-state index contributed by atoms with van der Waals surface area (Å²) in [6, 6.07) is 10.7. The van der Waals surface area contributed by atoms with E-state index in [9.17, 15) is 4.79 Å². The van der Waals surface area contributed by atoms with E-state index in [1.54, 1.807) is 13.3 Å². The molecule has 32 heavy (non-hydrogen) atoms. The molecule has 1 aliphatic heterocycles.